The second kappa shape index (κ2) is 3.65. The number of fused-ring (bicyclic) bond motifs is 1. The number of rotatable bonds is 1. The molecule has 2 heterocycles. The highest BCUT2D eigenvalue weighted by atomic mass is 16.2. The first-order chi connectivity index (χ1) is 7.09. The number of aromatic nitrogens is 1. The first-order valence-corrected chi connectivity index (χ1v) is 5.34. The van der Waals surface area contributed by atoms with Crippen LogP contribution in [-0.4, -0.2) is 29.4 Å². The minimum absolute atomic E-state index is 0.0477. The minimum atomic E-state index is 0.0477. The van der Waals surface area contributed by atoms with Crippen LogP contribution in [-0.2, 0) is 6.42 Å². The first-order valence-electron chi connectivity index (χ1n) is 5.34. The van der Waals surface area contributed by atoms with Gasteiger partial charge in [-0.15, -0.1) is 0 Å². The summed E-state index contributed by atoms with van der Waals surface area (Å²) in [7, 11) is 1.82. The van der Waals surface area contributed by atoms with Gasteiger partial charge in [-0.3, -0.25) is 9.78 Å². The van der Waals surface area contributed by atoms with E-state index in [1.165, 1.54) is 5.56 Å². The van der Waals surface area contributed by atoms with Crippen molar-refractivity contribution in [2.45, 2.75) is 26.2 Å². The molecule has 0 unspecified atom stereocenters. The summed E-state index contributed by atoms with van der Waals surface area (Å²) >= 11 is 0. The van der Waals surface area contributed by atoms with Gasteiger partial charge in [0.25, 0.3) is 5.91 Å². The summed E-state index contributed by atoms with van der Waals surface area (Å²) in [4.78, 5) is 17.8. The Morgan fingerprint density at radius 1 is 1.47 bits per heavy atom. The zero-order valence-electron chi connectivity index (χ0n) is 9.45. The van der Waals surface area contributed by atoms with E-state index in [1.807, 2.05) is 13.2 Å². The van der Waals surface area contributed by atoms with Gasteiger partial charge in [0.1, 0.15) is 5.69 Å². The fourth-order valence-corrected chi connectivity index (χ4v) is 1.80. The van der Waals surface area contributed by atoms with E-state index in [0.717, 1.165) is 18.5 Å². The van der Waals surface area contributed by atoms with Crippen LogP contribution in [0.25, 0.3) is 0 Å². The van der Waals surface area contributed by atoms with Crippen LogP contribution in [0.3, 0.4) is 0 Å². The molecule has 0 spiro atoms. The number of hydrogen-bond donors (Lipinski definition) is 0. The number of carbonyl (C=O) groups is 1. The van der Waals surface area contributed by atoms with Crippen molar-refractivity contribution in [2.24, 2.45) is 0 Å². The van der Waals surface area contributed by atoms with E-state index in [4.69, 9.17) is 0 Å². The molecule has 0 N–H and O–H groups in total. The fraction of sp³-hybridized carbons (Fsp3) is 0.500. The summed E-state index contributed by atoms with van der Waals surface area (Å²) in [6.45, 7) is 5.08. The lowest BCUT2D eigenvalue weighted by Gasteiger charge is -2.24. The average Bonchev–Trinajstić information content (AvgIpc) is 2.23. The Balaban J connectivity index is 2.43. The van der Waals surface area contributed by atoms with Crippen molar-refractivity contribution in [3.05, 3.63) is 29.1 Å². The van der Waals surface area contributed by atoms with Crippen LogP contribution in [0.15, 0.2) is 12.3 Å². The van der Waals surface area contributed by atoms with Gasteiger partial charge in [-0.2, -0.15) is 0 Å². The van der Waals surface area contributed by atoms with E-state index in [2.05, 4.69) is 24.9 Å². The molecular formula is C12H16N2O. The number of pyridine rings is 1. The van der Waals surface area contributed by atoms with E-state index in [-0.39, 0.29) is 5.91 Å². The number of nitrogens with zero attached hydrogens (tertiary/aromatic N) is 2. The monoisotopic (exact) mass is 204 g/mol. The molecule has 1 aromatic rings. The van der Waals surface area contributed by atoms with Crippen LogP contribution in [0.1, 0.15) is 41.4 Å². The predicted molar refractivity (Wildman–Crippen MR) is 59.0 cm³/mol. The summed E-state index contributed by atoms with van der Waals surface area (Å²) in [5.41, 5.74) is 2.95. The maximum atomic E-state index is 11.8. The largest absolute Gasteiger partial charge is 0.340 e. The van der Waals surface area contributed by atoms with E-state index in [1.54, 1.807) is 4.90 Å². The van der Waals surface area contributed by atoms with Gasteiger partial charge >= 0.3 is 0 Å². The molecule has 0 aliphatic carbocycles. The third-order valence-corrected chi connectivity index (χ3v) is 2.92. The highest BCUT2D eigenvalue weighted by Crippen LogP contribution is 2.21. The quantitative estimate of drug-likeness (QED) is 0.699. The molecule has 0 saturated carbocycles. The molecule has 3 nitrogen and oxygen atoms in total. The maximum Gasteiger partial charge on any atom is 0.272 e. The molecule has 0 fully saturated rings. The molecule has 1 aromatic heterocycles. The third-order valence-electron chi connectivity index (χ3n) is 2.92. The van der Waals surface area contributed by atoms with Gasteiger partial charge in [0.05, 0.1) is 0 Å². The second-order valence-electron chi connectivity index (χ2n) is 4.41. The molecule has 1 aliphatic rings. The lowest BCUT2D eigenvalue weighted by molar-refractivity contribution is 0.0774. The van der Waals surface area contributed by atoms with Gasteiger partial charge in [-0.25, -0.2) is 0 Å². The van der Waals surface area contributed by atoms with Crippen molar-refractivity contribution in [1.29, 1.82) is 0 Å². The summed E-state index contributed by atoms with van der Waals surface area (Å²) < 4.78 is 0. The molecule has 0 radical (unpaired) electrons. The Morgan fingerprint density at radius 2 is 2.20 bits per heavy atom. The lowest BCUT2D eigenvalue weighted by Crippen LogP contribution is -2.35. The van der Waals surface area contributed by atoms with Crippen molar-refractivity contribution in [2.75, 3.05) is 13.6 Å². The van der Waals surface area contributed by atoms with Crippen molar-refractivity contribution in [3.63, 3.8) is 0 Å². The van der Waals surface area contributed by atoms with E-state index < -0.39 is 0 Å². The standard InChI is InChI=1S/C12H16N2O/c1-8(2)10-6-9-4-5-14(3)12(15)11(9)13-7-10/h6-8H,4-5H2,1-3H3. The number of hydrogen-bond acceptors (Lipinski definition) is 2. The van der Waals surface area contributed by atoms with Crippen LogP contribution < -0.4 is 0 Å². The highest BCUT2D eigenvalue weighted by molar-refractivity contribution is 5.94. The summed E-state index contributed by atoms with van der Waals surface area (Å²) in [5.74, 6) is 0.518. The smallest absolute Gasteiger partial charge is 0.272 e. The van der Waals surface area contributed by atoms with E-state index >= 15 is 0 Å². The topological polar surface area (TPSA) is 33.2 Å². The zero-order chi connectivity index (χ0) is 11.0. The second-order valence-corrected chi connectivity index (χ2v) is 4.41. The van der Waals surface area contributed by atoms with Gasteiger partial charge in [-0.05, 0) is 23.5 Å². The van der Waals surface area contributed by atoms with Gasteiger partial charge in [0, 0.05) is 19.8 Å². The fourth-order valence-electron chi connectivity index (χ4n) is 1.80. The Hall–Kier alpha value is -1.38. The summed E-state index contributed by atoms with van der Waals surface area (Å²) in [6.07, 6.45) is 2.74. The lowest BCUT2D eigenvalue weighted by atomic mass is 9.98. The third kappa shape index (κ3) is 1.74. The molecule has 0 aromatic carbocycles. The molecule has 1 amide bonds. The highest BCUT2D eigenvalue weighted by Gasteiger charge is 2.23. The molecule has 3 heteroatoms. The number of likely N-dealkylation sites (N-methyl/N-ethyl adjacent to an activating group) is 1. The molecule has 15 heavy (non-hydrogen) atoms. The van der Waals surface area contributed by atoms with E-state index in [9.17, 15) is 4.79 Å². The molecule has 80 valence electrons. The zero-order valence-corrected chi connectivity index (χ0v) is 9.45. The SMILES string of the molecule is CC(C)c1cnc2c(c1)CCN(C)C2=O. The van der Waals surface area contributed by atoms with Crippen LogP contribution in [0.2, 0.25) is 0 Å². The number of amides is 1. The molecule has 0 bridgehead atoms. The van der Waals surface area contributed by atoms with Crippen LogP contribution >= 0.6 is 0 Å². The predicted octanol–water partition coefficient (Wildman–Crippen LogP) is 1.83. The Morgan fingerprint density at radius 3 is 2.87 bits per heavy atom. The molecule has 0 saturated heterocycles. The number of carbonyl (C=O) groups excluding carboxylic acids is 1. The average molecular weight is 204 g/mol. The van der Waals surface area contributed by atoms with Gasteiger partial charge < -0.3 is 4.90 Å². The Bertz CT molecular complexity index is 399. The van der Waals surface area contributed by atoms with Crippen molar-refractivity contribution < 1.29 is 4.79 Å². The van der Waals surface area contributed by atoms with Crippen LogP contribution in [0.5, 0.6) is 0 Å². The Kier molecular flexibility index (Phi) is 2.47. The van der Waals surface area contributed by atoms with Crippen molar-refractivity contribution in [3.8, 4) is 0 Å². The van der Waals surface area contributed by atoms with Gasteiger partial charge in [0.2, 0.25) is 0 Å². The summed E-state index contributed by atoms with van der Waals surface area (Å²) in [6, 6.07) is 2.12. The molecule has 1 aliphatic heterocycles. The molecule has 0 atom stereocenters. The summed E-state index contributed by atoms with van der Waals surface area (Å²) in [5, 5.41) is 0. The van der Waals surface area contributed by atoms with Crippen molar-refractivity contribution >= 4 is 5.91 Å². The van der Waals surface area contributed by atoms with Crippen molar-refractivity contribution in [1.82, 2.24) is 9.88 Å². The van der Waals surface area contributed by atoms with Gasteiger partial charge in [0.15, 0.2) is 0 Å². The van der Waals surface area contributed by atoms with Crippen LogP contribution in [0, 0.1) is 0 Å². The van der Waals surface area contributed by atoms with Crippen LogP contribution in [0.4, 0.5) is 0 Å². The minimum Gasteiger partial charge on any atom is -0.340 e. The molecule has 2 rings (SSSR count). The Labute approximate surface area is 90.1 Å². The maximum absolute atomic E-state index is 11.8. The molecular weight excluding hydrogens is 188 g/mol. The van der Waals surface area contributed by atoms with Gasteiger partial charge in [-0.1, -0.05) is 19.9 Å². The normalized spacial score (nSPS) is 15.7. The first kappa shape index (κ1) is 10.1. The van der Waals surface area contributed by atoms with E-state index in [0.29, 0.717) is 11.6 Å².